The minimum absolute atomic E-state index is 0.0526. The number of carboxylic acid groups (broad SMARTS) is 1. The summed E-state index contributed by atoms with van der Waals surface area (Å²) in [5.74, 6) is -1.26. The highest BCUT2D eigenvalue weighted by Crippen LogP contribution is 2.32. The molecule has 0 unspecified atom stereocenters. The number of nitrogens with zero attached hydrogens (tertiary/aromatic N) is 3. The Kier molecular flexibility index (Phi) is 8.29. The molecule has 0 aliphatic rings. The highest BCUT2D eigenvalue weighted by atomic mass is 19.1. The lowest BCUT2D eigenvalue weighted by Crippen LogP contribution is -2.27. The number of aliphatic hydroxyl groups is 2. The summed E-state index contributed by atoms with van der Waals surface area (Å²) < 4.78 is 15.3. The van der Waals surface area contributed by atoms with Crippen LogP contribution < -0.4 is 4.90 Å². The van der Waals surface area contributed by atoms with E-state index in [1.807, 2.05) is 18.4 Å². The molecule has 0 saturated carbocycles. The Balaban J connectivity index is 2.41. The molecule has 0 fully saturated rings. The zero-order valence-corrected chi connectivity index (χ0v) is 18.2. The minimum atomic E-state index is -1.14. The fourth-order valence-corrected chi connectivity index (χ4v) is 3.47. The van der Waals surface area contributed by atoms with Gasteiger partial charge in [0.15, 0.2) is 0 Å². The number of amides is 1. The summed E-state index contributed by atoms with van der Waals surface area (Å²) in [6, 6.07) is 5.83. The third-order valence-corrected chi connectivity index (χ3v) is 5.07. The van der Waals surface area contributed by atoms with Gasteiger partial charge in [0.1, 0.15) is 5.82 Å². The van der Waals surface area contributed by atoms with E-state index in [9.17, 15) is 24.2 Å². The van der Waals surface area contributed by atoms with Crippen molar-refractivity contribution in [2.45, 2.75) is 64.7 Å². The third kappa shape index (κ3) is 6.35. The van der Waals surface area contributed by atoms with Crippen LogP contribution in [0.1, 0.15) is 51.8 Å². The molecule has 1 heterocycles. The normalized spacial score (nSPS) is 13.3. The monoisotopic (exact) mass is 435 g/mol. The first-order valence-corrected chi connectivity index (χ1v) is 10.2. The molecule has 170 valence electrons. The van der Waals surface area contributed by atoms with E-state index in [2.05, 4.69) is 4.98 Å². The van der Waals surface area contributed by atoms with Gasteiger partial charge in [-0.15, -0.1) is 0 Å². The van der Waals surface area contributed by atoms with E-state index in [1.54, 1.807) is 19.2 Å². The minimum Gasteiger partial charge on any atom is -0.481 e. The van der Waals surface area contributed by atoms with Crippen molar-refractivity contribution in [2.24, 2.45) is 0 Å². The number of carbonyl (C=O) groups excluding carboxylic acids is 1. The average molecular weight is 435 g/mol. The molecular weight excluding hydrogens is 405 g/mol. The quantitative estimate of drug-likeness (QED) is 0.529. The molecule has 0 aliphatic heterocycles. The second-order valence-electron chi connectivity index (χ2n) is 7.94. The van der Waals surface area contributed by atoms with Crippen LogP contribution in [0.5, 0.6) is 0 Å². The van der Waals surface area contributed by atoms with Crippen LogP contribution in [-0.4, -0.2) is 56.0 Å². The van der Waals surface area contributed by atoms with Crippen molar-refractivity contribution in [1.29, 1.82) is 0 Å². The molecular formula is C22H30FN3O5. The summed E-state index contributed by atoms with van der Waals surface area (Å²) >= 11 is 0. The number of aliphatic hydroxyl groups excluding tert-OH is 2. The first-order chi connectivity index (χ1) is 14.5. The van der Waals surface area contributed by atoms with Crippen molar-refractivity contribution in [3.05, 3.63) is 35.8 Å². The number of rotatable bonds is 10. The number of hydrogen-bond donors (Lipinski definition) is 3. The molecule has 31 heavy (non-hydrogen) atoms. The average Bonchev–Trinajstić information content (AvgIpc) is 3.05. The first kappa shape index (κ1) is 24.5. The van der Waals surface area contributed by atoms with Crippen LogP contribution in [0.15, 0.2) is 24.3 Å². The Hall–Kier alpha value is -2.78. The van der Waals surface area contributed by atoms with Gasteiger partial charge in [-0.2, -0.15) is 0 Å². The van der Waals surface area contributed by atoms with Crippen molar-refractivity contribution in [3.63, 3.8) is 0 Å². The van der Waals surface area contributed by atoms with Crippen molar-refractivity contribution in [3.8, 4) is 11.3 Å². The van der Waals surface area contributed by atoms with Crippen LogP contribution in [0, 0.1) is 5.82 Å². The second-order valence-corrected chi connectivity index (χ2v) is 7.94. The topological polar surface area (TPSA) is 116 Å². The maximum atomic E-state index is 13.4. The Morgan fingerprint density at radius 2 is 1.77 bits per heavy atom. The number of aromatic nitrogens is 2. The van der Waals surface area contributed by atoms with Gasteiger partial charge in [0.05, 0.1) is 24.3 Å². The van der Waals surface area contributed by atoms with E-state index in [0.29, 0.717) is 23.6 Å². The zero-order valence-electron chi connectivity index (χ0n) is 18.2. The molecule has 3 N–H and O–H groups in total. The molecule has 2 rings (SSSR count). The summed E-state index contributed by atoms with van der Waals surface area (Å²) in [5.41, 5.74) is 2.01. The highest BCUT2D eigenvalue weighted by Gasteiger charge is 2.25. The van der Waals surface area contributed by atoms with Gasteiger partial charge < -0.3 is 19.9 Å². The molecule has 0 aliphatic carbocycles. The first-order valence-electron chi connectivity index (χ1n) is 10.2. The van der Waals surface area contributed by atoms with Crippen molar-refractivity contribution in [2.75, 3.05) is 11.9 Å². The fourth-order valence-electron chi connectivity index (χ4n) is 3.47. The van der Waals surface area contributed by atoms with E-state index in [4.69, 9.17) is 5.11 Å². The number of aliphatic carboxylic acids is 1. The second kappa shape index (κ2) is 10.5. The number of halogens is 1. The zero-order chi connectivity index (χ0) is 23.3. The Morgan fingerprint density at radius 3 is 2.29 bits per heavy atom. The SMILES string of the molecule is CC(=O)N(C)c1nc(-c2ccc(F)cc2)c(CC[C@@H](O)C[C@@H](O)CC(=O)O)n1C(C)C. The fraction of sp³-hybridized carbons (Fsp3) is 0.500. The number of hydrogen-bond acceptors (Lipinski definition) is 5. The van der Waals surface area contributed by atoms with E-state index in [0.717, 1.165) is 5.69 Å². The molecule has 0 radical (unpaired) electrons. The molecule has 0 spiro atoms. The predicted octanol–water partition coefficient (Wildman–Crippen LogP) is 2.77. The van der Waals surface area contributed by atoms with Crippen LogP contribution in [0.3, 0.4) is 0 Å². The van der Waals surface area contributed by atoms with E-state index >= 15 is 0 Å². The largest absolute Gasteiger partial charge is 0.481 e. The number of imidazole rings is 1. The number of carboxylic acids is 1. The molecule has 2 atom stereocenters. The van der Waals surface area contributed by atoms with Gasteiger partial charge in [-0.05, 0) is 57.4 Å². The van der Waals surface area contributed by atoms with Crippen molar-refractivity contribution < 1.29 is 29.3 Å². The maximum Gasteiger partial charge on any atom is 0.305 e. The van der Waals surface area contributed by atoms with Gasteiger partial charge in [-0.25, -0.2) is 9.37 Å². The Bertz CT molecular complexity index is 911. The smallest absolute Gasteiger partial charge is 0.305 e. The highest BCUT2D eigenvalue weighted by molar-refractivity contribution is 5.89. The Labute approximate surface area is 181 Å². The van der Waals surface area contributed by atoms with Crippen LogP contribution in [0.4, 0.5) is 10.3 Å². The summed E-state index contributed by atoms with van der Waals surface area (Å²) in [7, 11) is 1.62. The molecule has 0 bridgehead atoms. The molecule has 1 amide bonds. The molecule has 1 aromatic heterocycles. The lowest BCUT2D eigenvalue weighted by molar-refractivity contribution is -0.139. The van der Waals surface area contributed by atoms with E-state index < -0.39 is 24.6 Å². The van der Waals surface area contributed by atoms with E-state index in [1.165, 1.54) is 24.0 Å². The summed E-state index contributed by atoms with van der Waals surface area (Å²) in [6.07, 6.45) is -1.93. The number of carbonyl (C=O) groups is 2. The van der Waals surface area contributed by atoms with Crippen LogP contribution >= 0.6 is 0 Å². The maximum absolute atomic E-state index is 13.4. The molecule has 9 heteroatoms. The molecule has 8 nitrogen and oxygen atoms in total. The standard InChI is InChI=1S/C22H30FN3O5/c1-13(2)26-19(10-9-17(28)11-18(29)12-20(30)31)21(15-5-7-16(23)8-6-15)24-22(26)25(4)14(3)27/h5-8,13,17-18,28-29H,9-12H2,1-4H3,(H,30,31)/t17-,18-/m1/s1. The summed E-state index contributed by atoms with van der Waals surface area (Å²) in [4.78, 5) is 28.8. The van der Waals surface area contributed by atoms with Gasteiger partial charge in [-0.1, -0.05) is 0 Å². The molecule has 1 aromatic carbocycles. The number of anilines is 1. The summed E-state index contributed by atoms with van der Waals surface area (Å²) in [5, 5.41) is 28.9. The molecule has 0 saturated heterocycles. The van der Waals surface area contributed by atoms with Gasteiger partial charge in [0.2, 0.25) is 11.9 Å². The summed E-state index contributed by atoms with van der Waals surface area (Å²) in [6.45, 7) is 5.33. The third-order valence-electron chi connectivity index (χ3n) is 5.07. The van der Waals surface area contributed by atoms with Gasteiger partial charge >= 0.3 is 5.97 Å². The predicted molar refractivity (Wildman–Crippen MR) is 114 cm³/mol. The molecule has 2 aromatic rings. The lowest BCUT2D eigenvalue weighted by Gasteiger charge is -2.21. The van der Waals surface area contributed by atoms with Gasteiger partial charge in [0, 0.05) is 31.3 Å². The van der Waals surface area contributed by atoms with Crippen molar-refractivity contribution >= 4 is 17.8 Å². The lowest BCUT2D eigenvalue weighted by atomic mass is 10.0. The van der Waals surface area contributed by atoms with Crippen LogP contribution in [0.2, 0.25) is 0 Å². The van der Waals surface area contributed by atoms with Gasteiger partial charge in [0.25, 0.3) is 0 Å². The Morgan fingerprint density at radius 1 is 1.16 bits per heavy atom. The van der Waals surface area contributed by atoms with Crippen LogP contribution in [-0.2, 0) is 16.0 Å². The van der Waals surface area contributed by atoms with Gasteiger partial charge in [-0.3, -0.25) is 14.5 Å². The number of benzene rings is 1. The van der Waals surface area contributed by atoms with Crippen LogP contribution in [0.25, 0.3) is 11.3 Å². The van der Waals surface area contributed by atoms with E-state index in [-0.39, 0.29) is 30.6 Å². The van der Waals surface area contributed by atoms with Crippen molar-refractivity contribution in [1.82, 2.24) is 9.55 Å².